The predicted molar refractivity (Wildman–Crippen MR) is 60.3 cm³/mol. The standard InChI is InChI=1S/C12H19F2NO3/c13-12(14)2-1-9(7-12)10(17)15-11(8-16)3-5-18-6-4-11/h9,16H,1-8H2,(H,15,17). The fourth-order valence-electron chi connectivity index (χ4n) is 2.62. The van der Waals surface area contributed by atoms with Gasteiger partial charge in [-0.25, -0.2) is 8.78 Å². The number of ether oxygens (including phenoxy) is 1. The summed E-state index contributed by atoms with van der Waals surface area (Å²) in [5.74, 6) is -3.71. The molecule has 2 N–H and O–H groups in total. The Bertz CT molecular complexity index is 316. The van der Waals surface area contributed by atoms with Crippen molar-refractivity contribution in [2.75, 3.05) is 19.8 Å². The zero-order valence-electron chi connectivity index (χ0n) is 10.3. The van der Waals surface area contributed by atoms with E-state index in [1.165, 1.54) is 0 Å². The molecule has 1 aliphatic carbocycles. The fourth-order valence-corrected chi connectivity index (χ4v) is 2.62. The Morgan fingerprint density at radius 3 is 2.50 bits per heavy atom. The first kappa shape index (κ1) is 13.7. The van der Waals surface area contributed by atoms with Gasteiger partial charge in [0.25, 0.3) is 0 Å². The molecule has 1 saturated carbocycles. The van der Waals surface area contributed by atoms with Gasteiger partial charge >= 0.3 is 0 Å². The Kier molecular flexibility index (Phi) is 3.87. The lowest BCUT2D eigenvalue weighted by atomic mass is 9.90. The lowest BCUT2D eigenvalue weighted by Crippen LogP contribution is -2.55. The SMILES string of the molecule is O=C(NC1(CO)CCOCC1)C1CCC(F)(F)C1. The molecule has 104 valence electrons. The largest absolute Gasteiger partial charge is 0.394 e. The van der Waals surface area contributed by atoms with Crippen molar-refractivity contribution >= 4 is 5.91 Å². The molecule has 0 bridgehead atoms. The van der Waals surface area contributed by atoms with Gasteiger partial charge in [0.05, 0.1) is 12.1 Å². The average Bonchev–Trinajstić information content (AvgIpc) is 2.71. The second-order valence-corrected chi connectivity index (χ2v) is 5.34. The topological polar surface area (TPSA) is 58.6 Å². The minimum atomic E-state index is -2.72. The molecule has 2 fully saturated rings. The van der Waals surface area contributed by atoms with Crippen molar-refractivity contribution in [2.45, 2.75) is 43.6 Å². The molecule has 1 heterocycles. The van der Waals surface area contributed by atoms with Gasteiger partial charge in [-0.3, -0.25) is 4.79 Å². The lowest BCUT2D eigenvalue weighted by molar-refractivity contribution is -0.130. The molecule has 4 nitrogen and oxygen atoms in total. The number of rotatable bonds is 3. The highest BCUT2D eigenvalue weighted by atomic mass is 19.3. The van der Waals surface area contributed by atoms with Crippen LogP contribution >= 0.6 is 0 Å². The molecule has 0 aromatic heterocycles. The number of aliphatic hydroxyl groups is 1. The van der Waals surface area contributed by atoms with E-state index in [-0.39, 0.29) is 31.8 Å². The molecule has 0 aromatic carbocycles. The van der Waals surface area contributed by atoms with Gasteiger partial charge in [-0.2, -0.15) is 0 Å². The maximum absolute atomic E-state index is 13.1. The third kappa shape index (κ3) is 2.98. The van der Waals surface area contributed by atoms with Crippen molar-refractivity contribution in [1.82, 2.24) is 5.32 Å². The van der Waals surface area contributed by atoms with E-state index in [4.69, 9.17) is 4.74 Å². The Hall–Kier alpha value is -0.750. The smallest absolute Gasteiger partial charge is 0.248 e. The van der Waals surface area contributed by atoms with E-state index in [0.717, 1.165) is 0 Å². The molecular weight excluding hydrogens is 244 g/mol. The zero-order chi connectivity index (χ0) is 13.2. The number of alkyl halides is 2. The van der Waals surface area contributed by atoms with Crippen LogP contribution in [-0.2, 0) is 9.53 Å². The van der Waals surface area contributed by atoms with Crippen molar-refractivity contribution in [1.29, 1.82) is 0 Å². The summed E-state index contributed by atoms with van der Waals surface area (Å²) in [7, 11) is 0. The van der Waals surface area contributed by atoms with Gasteiger partial charge in [0, 0.05) is 32.0 Å². The summed E-state index contributed by atoms with van der Waals surface area (Å²) in [5, 5.41) is 12.2. The van der Waals surface area contributed by atoms with Crippen LogP contribution in [0.25, 0.3) is 0 Å². The van der Waals surface area contributed by atoms with Crippen LogP contribution in [0.1, 0.15) is 32.1 Å². The van der Waals surface area contributed by atoms with E-state index >= 15 is 0 Å². The van der Waals surface area contributed by atoms with Gasteiger partial charge in [-0.15, -0.1) is 0 Å². The van der Waals surface area contributed by atoms with E-state index < -0.39 is 17.4 Å². The number of aliphatic hydroxyl groups excluding tert-OH is 1. The summed E-state index contributed by atoms with van der Waals surface area (Å²) in [4.78, 5) is 12.0. The number of carbonyl (C=O) groups is 1. The summed E-state index contributed by atoms with van der Waals surface area (Å²) in [5.41, 5.74) is -0.687. The van der Waals surface area contributed by atoms with E-state index in [1.54, 1.807) is 0 Å². The van der Waals surface area contributed by atoms with Gasteiger partial charge in [0.1, 0.15) is 0 Å². The van der Waals surface area contributed by atoms with Crippen molar-refractivity contribution in [3.8, 4) is 0 Å². The fraction of sp³-hybridized carbons (Fsp3) is 0.917. The van der Waals surface area contributed by atoms with Crippen molar-refractivity contribution in [3.05, 3.63) is 0 Å². The Labute approximate surface area is 105 Å². The summed E-state index contributed by atoms with van der Waals surface area (Å²) < 4.78 is 31.3. The zero-order valence-corrected chi connectivity index (χ0v) is 10.3. The van der Waals surface area contributed by atoms with E-state index in [0.29, 0.717) is 26.1 Å². The summed E-state index contributed by atoms with van der Waals surface area (Å²) in [6, 6.07) is 0. The van der Waals surface area contributed by atoms with Crippen LogP contribution in [0.3, 0.4) is 0 Å². The first-order chi connectivity index (χ1) is 8.46. The van der Waals surface area contributed by atoms with Crippen LogP contribution < -0.4 is 5.32 Å². The molecule has 0 spiro atoms. The summed E-state index contributed by atoms with van der Waals surface area (Å²) in [6.45, 7) is 0.772. The van der Waals surface area contributed by atoms with Crippen LogP contribution in [-0.4, -0.2) is 42.3 Å². The highest BCUT2D eigenvalue weighted by Gasteiger charge is 2.44. The maximum Gasteiger partial charge on any atom is 0.248 e. The summed E-state index contributed by atoms with van der Waals surface area (Å²) >= 11 is 0. The van der Waals surface area contributed by atoms with Crippen LogP contribution in [0.4, 0.5) is 8.78 Å². The Morgan fingerprint density at radius 1 is 1.33 bits per heavy atom. The van der Waals surface area contributed by atoms with Gasteiger partial charge in [0.2, 0.25) is 11.8 Å². The third-order valence-corrected chi connectivity index (χ3v) is 3.92. The van der Waals surface area contributed by atoms with Crippen LogP contribution in [0.2, 0.25) is 0 Å². The number of amides is 1. The van der Waals surface area contributed by atoms with Gasteiger partial charge in [-0.1, -0.05) is 0 Å². The van der Waals surface area contributed by atoms with E-state index in [9.17, 15) is 18.7 Å². The number of halogens is 2. The molecule has 1 atom stereocenters. The van der Waals surface area contributed by atoms with Crippen molar-refractivity contribution in [3.63, 3.8) is 0 Å². The monoisotopic (exact) mass is 263 g/mol. The molecule has 2 rings (SSSR count). The number of hydrogen-bond donors (Lipinski definition) is 2. The first-order valence-corrected chi connectivity index (χ1v) is 6.35. The number of nitrogens with one attached hydrogen (secondary N) is 1. The third-order valence-electron chi connectivity index (χ3n) is 3.92. The molecule has 0 aromatic rings. The second kappa shape index (κ2) is 5.09. The average molecular weight is 263 g/mol. The quantitative estimate of drug-likeness (QED) is 0.801. The van der Waals surface area contributed by atoms with Gasteiger partial charge in [0.15, 0.2) is 0 Å². The lowest BCUT2D eigenvalue weighted by Gasteiger charge is -2.37. The Morgan fingerprint density at radius 2 is 2.00 bits per heavy atom. The number of hydrogen-bond acceptors (Lipinski definition) is 3. The minimum Gasteiger partial charge on any atom is -0.394 e. The van der Waals surface area contributed by atoms with Gasteiger partial charge in [-0.05, 0) is 19.3 Å². The molecule has 1 aliphatic heterocycles. The van der Waals surface area contributed by atoms with Crippen LogP contribution in [0.15, 0.2) is 0 Å². The number of carbonyl (C=O) groups excluding carboxylic acids is 1. The molecule has 6 heteroatoms. The first-order valence-electron chi connectivity index (χ1n) is 6.35. The predicted octanol–water partition coefficient (Wildman–Crippen LogP) is 1.08. The molecule has 18 heavy (non-hydrogen) atoms. The molecular formula is C12H19F2NO3. The van der Waals surface area contributed by atoms with E-state index in [1.807, 2.05) is 0 Å². The molecule has 1 unspecified atom stereocenters. The van der Waals surface area contributed by atoms with Crippen molar-refractivity contribution in [2.24, 2.45) is 5.92 Å². The van der Waals surface area contributed by atoms with E-state index in [2.05, 4.69) is 5.32 Å². The highest BCUT2D eigenvalue weighted by Crippen LogP contribution is 2.39. The minimum absolute atomic E-state index is 0.175. The van der Waals surface area contributed by atoms with Crippen molar-refractivity contribution < 1.29 is 23.4 Å². The molecule has 0 radical (unpaired) electrons. The molecule has 2 aliphatic rings. The highest BCUT2D eigenvalue weighted by molar-refractivity contribution is 5.80. The Balaban J connectivity index is 1.93. The normalized spacial score (nSPS) is 30.1. The van der Waals surface area contributed by atoms with Gasteiger partial charge < -0.3 is 15.2 Å². The second-order valence-electron chi connectivity index (χ2n) is 5.34. The van der Waals surface area contributed by atoms with Crippen LogP contribution in [0, 0.1) is 5.92 Å². The maximum atomic E-state index is 13.1. The molecule has 1 amide bonds. The summed E-state index contributed by atoms with van der Waals surface area (Å²) in [6.07, 6.45) is 0.671. The van der Waals surface area contributed by atoms with Crippen LogP contribution in [0.5, 0.6) is 0 Å². The molecule has 1 saturated heterocycles.